The van der Waals surface area contributed by atoms with Crippen molar-refractivity contribution in [2.75, 3.05) is 13.1 Å². The number of nitrogens with one attached hydrogen (secondary N) is 1. The third kappa shape index (κ3) is 3.68. The minimum absolute atomic E-state index is 0.0329. The van der Waals surface area contributed by atoms with Gasteiger partial charge in [0.2, 0.25) is 0 Å². The quantitative estimate of drug-likeness (QED) is 0.943. The smallest absolute Gasteiger partial charge is 0.317 e. The molecule has 0 radical (unpaired) electrons. The number of nitrogens with zero attached hydrogens (tertiary/aromatic N) is 2. The van der Waals surface area contributed by atoms with Gasteiger partial charge >= 0.3 is 6.03 Å². The van der Waals surface area contributed by atoms with Crippen LogP contribution in [0.25, 0.3) is 0 Å². The second-order valence-electron chi connectivity index (χ2n) is 5.12. The first-order valence-electron chi connectivity index (χ1n) is 7.04. The Morgan fingerprint density at radius 3 is 2.77 bits per heavy atom. The van der Waals surface area contributed by atoms with Gasteiger partial charge in [-0.2, -0.15) is 0 Å². The summed E-state index contributed by atoms with van der Waals surface area (Å²) in [6, 6.07) is 11.0. The number of carbonyl (C=O) groups is 1. The van der Waals surface area contributed by atoms with E-state index < -0.39 is 0 Å². The summed E-state index contributed by atoms with van der Waals surface area (Å²) in [6.45, 7) is 1.66. The molecule has 3 rings (SSSR count). The van der Waals surface area contributed by atoms with Gasteiger partial charge in [0.15, 0.2) is 0 Å². The van der Waals surface area contributed by atoms with Crippen LogP contribution in [0.1, 0.15) is 5.56 Å². The number of benzene rings is 1. The maximum absolute atomic E-state index is 12.0. The standard InChI is InChI=1S/C16H16ClN3O2/c17-13-5-3-12(4-6-13)8-19-16(21)20-10-15(11-20)22-14-2-1-7-18-9-14/h1-7,9,15H,8,10-11H2,(H,19,21). The number of pyridine rings is 1. The molecule has 0 atom stereocenters. The highest BCUT2D eigenvalue weighted by molar-refractivity contribution is 6.30. The Morgan fingerprint density at radius 1 is 1.32 bits per heavy atom. The molecule has 1 saturated heterocycles. The van der Waals surface area contributed by atoms with Crippen LogP contribution >= 0.6 is 11.6 Å². The molecule has 1 N–H and O–H groups in total. The summed E-state index contributed by atoms with van der Waals surface area (Å²) in [7, 11) is 0. The van der Waals surface area contributed by atoms with Gasteiger partial charge < -0.3 is 15.0 Å². The van der Waals surface area contributed by atoms with Crippen molar-refractivity contribution in [3.8, 4) is 5.75 Å². The minimum Gasteiger partial charge on any atom is -0.485 e. The van der Waals surface area contributed by atoms with Crippen LogP contribution in [0.15, 0.2) is 48.8 Å². The first kappa shape index (κ1) is 14.7. The number of hydrogen-bond acceptors (Lipinski definition) is 3. The maximum atomic E-state index is 12.0. The number of hydrogen-bond donors (Lipinski definition) is 1. The van der Waals surface area contributed by atoms with Crippen LogP contribution in [0.5, 0.6) is 5.75 Å². The molecule has 1 aromatic carbocycles. The molecule has 1 aliphatic rings. The lowest BCUT2D eigenvalue weighted by Crippen LogP contribution is -2.58. The summed E-state index contributed by atoms with van der Waals surface area (Å²) in [5, 5.41) is 3.57. The van der Waals surface area contributed by atoms with Crippen molar-refractivity contribution < 1.29 is 9.53 Å². The lowest BCUT2D eigenvalue weighted by Gasteiger charge is -2.38. The Kier molecular flexibility index (Phi) is 4.44. The third-order valence-electron chi connectivity index (χ3n) is 3.43. The van der Waals surface area contributed by atoms with Gasteiger partial charge in [-0.05, 0) is 29.8 Å². The Hall–Kier alpha value is -2.27. The Balaban J connectivity index is 1.41. The molecule has 0 spiro atoms. The number of carbonyl (C=O) groups excluding carboxylic acids is 1. The van der Waals surface area contributed by atoms with E-state index in [1.165, 1.54) is 0 Å². The first-order valence-corrected chi connectivity index (χ1v) is 7.42. The zero-order chi connectivity index (χ0) is 15.4. The van der Waals surface area contributed by atoms with E-state index in [0.717, 1.165) is 11.3 Å². The van der Waals surface area contributed by atoms with Crippen molar-refractivity contribution in [2.24, 2.45) is 0 Å². The average molecular weight is 318 g/mol. The van der Waals surface area contributed by atoms with Gasteiger partial charge in [-0.1, -0.05) is 23.7 Å². The van der Waals surface area contributed by atoms with Crippen LogP contribution in [-0.4, -0.2) is 35.1 Å². The fraction of sp³-hybridized carbons (Fsp3) is 0.250. The summed E-state index contributed by atoms with van der Waals surface area (Å²) in [4.78, 5) is 17.7. The lowest BCUT2D eigenvalue weighted by atomic mass is 10.2. The van der Waals surface area contributed by atoms with E-state index in [4.69, 9.17) is 16.3 Å². The molecule has 0 unspecified atom stereocenters. The molecule has 0 aliphatic carbocycles. The van der Waals surface area contributed by atoms with Crippen molar-refractivity contribution in [1.29, 1.82) is 0 Å². The minimum atomic E-state index is -0.0824. The SMILES string of the molecule is O=C(NCc1ccc(Cl)cc1)N1CC(Oc2cccnc2)C1. The summed E-state index contributed by atoms with van der Waals surface area (Å²) < 4.78 is 5.71. The molecule has 2 amide bonds. The van der Waals surface area contributed by atoms with Crippen LogP contribution < -0.4 is 10.1 Å². The van der Waals surface area contributed by atoms with Crippen LogP contribution in [0, 0.1) is 0 Å². The Labute approximate surface area is 133 Å². The topological polar surface area (TPSA) is 54.5 Å². The van der Waals surface area contributed by atoms with E-state index in [-0.39, 0.29) is 12.1 Å². The van der Waals surface area contributed by atoms with Crippen LogP contribution in [-0.2, 0) is 6.54 Å². The van der Waals surface area contributed by atoms with Crippen molar-refractivity contribution in [1.82, 2.24) is 15.2 Å². The predicted octanol–water partition coefficient (Wildman–Crippen LogP) is 2.71. The largest absolute Gasteiger partial charge is 0.485 e. The van der Waals surface area contributed by atoms with Gasteiger partial charge in [-0.3, -0.25) is 4.98 Å². The van der Waals surface area contributed by atoms with E-state index in [9.17, 15) is 4.79 Å². The number of aromatic nitrogens is 1. The van der Waals surface area contributed by atoms with E-state index in [1.807, 2.05) is 36.4 Å². The van der Waals surface area contributed by atoms with Crippen molar-refractivity contribution >= 4 is 17.6 Å². The third-order valence-corrected chi connectivity index (χ3v) is 3.68. The molecule has 114 valence electrons. The first-order chi connectivity index (χ1) is 10.7. The fourth-order valence-electron chi connectivity index (χ4n) is 2.18. The molecule has 0 saturated carbocycles. The van der Waals surface area contributed by atoms with E-state index in [2.05, 4.69) is 10.3 Å². The molecule has 0 bridgehead atoms. The van der Waals surface area contributed by atoms with E-state index in [0.29, 0.717) is 24.7 Å². The number of likely N-dealkylation sites (tertiary alicyclic amines) is 1. The van der Waals surface area contributed by atoms with Crippen molar-refractivity contribution in [3.05, 3.63) is 59.4 Å². The summed E-state index contributed by atoms with van der Waals surface area (Å²) in [5.41, 5.74) is 1.02. The highest BCUT2D eigenvalue weighted by Gasteiger charge is 2.32. The van der Waals surface area contributed by atoms with Crippen molar-refractivity contribution in [3.63, 3.8) is 0 Å². The average Bonchev–Trinajstić information content (AvgIpc) is 2.50. The predicted molar refractivity (Wildman–Crippen MR) is 83.9 cm³/mol. The van der Waals surface area contributed by atoms with Crippen LogP contribution in [0.4, 0.5) is 4.79 Å². The highest BCUT2D eigenvalue weighted by Crippen LogP contribution is 2.17. The highest BCUT2D eigenvalue weighted by atomic mass is 35.5. The fourth-order valence-corrected chi connectivity index (χ4v) is 2.31. The monoisotopic (exact) mass is 317 g/mol. The van der Waals surface area contributed by atoms with Crippen LogP contribution in [0.3, 0.4) is 0 Å². The Bertz CT molecular complexity index is 628. The summed E-state index contributed by atoms with van der Waals surface area (Å²) in [5.74, 6) is 0.730. The molecule has 1 aliphatic heterocycles. The second-order valence-corrected chi connectivity index (χ2v) is 5.56. The molecule has 5 nitrogen and oxygen atoms in total. The molecule has 22 heavy (non-hydrogen) atoms. The summed E-state index contributed by atoms with van der Waals surface area (Å²) >= 11 is 5.83. The number of amides is 2. The lowest BCUT2D eigenvalue weighted by molar-refractivity contribution is 0.0441. The van der Waals surface area contributed by atoms with Gasteiger partial charge in [0.05, 0.1) is 19.3 Å². The number of halogens is 1. The zero-order valence-electron chi connectivity index (χ0n) is 11.9. The van der Waals surface area contributed by atoms with Gasteiger partial charge in [0.25, 0.3) is 0 Å². The number of ether oxygens (including phenoxy) is 1. The molecule has 2 aromatic rings. The molecule has 1 aromatic heterocycles. The van der Waals surface area contributed by atoms with Gasteiger partial charge in [0.1, 0.15) is 11.9 Å². The maximum Gasteiger partial charge on any atom is 0.317 e. The van der Waals surface area contributed by atoms with Crippen molar-refractivity contribution in [2.45, 2.75) is 12.6 Å². The Morgan fingerprint density at radius 2 is 2.09 bits per heavy atom. The normalized spacial score (nSPS) is 14.3. The number of rotatable bonds is 4. The van der Waals surface area contributed by atoms with Gasteiger partial charge in [0, 0.05) is 17.8 Å². The van der Waals surface area contributed by atoms with E-state index in [1.54, 1.807) is 17.3 Å². The molecule has 1 fully saturated rings. The van der Waals surface area contributed by atoms with Gasteiger partial charge in [-0.25, -0.2) is 4.79 Å². The van der Waals surface area contributed by atoms with Gasteiger partial charge in [-0.15, -0.1) is 0 Å². The summed E-state index contributed by atoms with van der Waals surface area (Å²) in [6.07, 6.45) is 3.40. The second kappa shape index (κ2) is 6.66. The van der Waals surface area contributed by atoms with E-state index >= 15 is 0 Å². The molecule has 2 heterocycles. The molecular formula is C16H16ClN3O2. The van der Waals surface area contributed by atoms with Crippen LogP contribution in [0.2, 0.25) is 5.02 Å². The number of urea groups is 1. The molecular weight excluding hydrogens is 302 g/mol. The molecule has 6 heteroatoms. The zero-order valence-corrected chi connectivity index (χ0v) is 12.7.